The van der Waals surface area contributed by atoms with E-state index >= 15 is 0 Å². The maximum atomic E-state index is 11.6. The Morgan fingerprint density at radius 1 is 0.792 bits per heavy atom. The molecule has 0 aromatic rings. The van der Waals surface area contributed by atoms with E-state index in [2.05, 4.69) is 12.2 Å². The molecular weight excluding hydrogens is 310 g/mol. The van der Waals surface area contributed by atoms with Gasteiger partial charge in [0.25, 0.3) is 0 Å². The topological polar surface area (TPSA) is 109 Å². The molecule has 0 radical (unpaired) electrons. The lowest BCUT2D eigenvalue weighted by Crippen LogP contribution is -2.50. The van der Waals surface area contributed by atoms with Crippen molar-refractivity contribution in [3.05, 3.63) is 0 Å². The van der Waals surface area contributed by atoms with Crippen molar-refractivity contribution in [2.45, 2.75) is 96.4 Å². The van der Waals surface area contributed by atoms with Crippen LogP contribution in [0.15, 0.2) is 0 Å². The number of carboxylic acids is 2. The minimum absolute atomic E-state index is 0.202. The summed E-state index contributed by atoms with van der Waals surface area (Å²) in [7, 11) is 0. The van der Waals surface area contributed by atoms with Crippen molar-refractivity contribution in [1.29, 1.82) is 0 Å². The van der Waals surface area contributed by atoms with Crippen molar-refractivity contribution >= 4 is 17.8 Å². The number of amides is 1. The molecule has 140 valence electrons. The van der Waals surface area contributed by atoms with Gasteiger partial charge in [0, 0.05) is 18.8 Å². The van der Waals surface area contributed by atoms with Crippen molar-refractivity contribution in [2.24, 2.45) is 0 Å². The standard InChI is InChI=1S/C18H33NO5/c1-2-3-4-5-6-7-8-9-10-11-12-13-16(20)19-15(18(23)24)14-17(21)22/h15H,2-14H2,1H3,(H,19,20)(H,21,22)(H,23,24)/p-2. The van der Waals surface area contributed by atoms with E-state index in [-0.39, 0.29) is 6.42 Å². The second-order valence-corrected chi connectivity index (χ2v) is 6.30. The van der Waals surface area contributed by atoms with Gasteiger partial charge in [-0.2, -0.15) is 0 Å². The Labute approximate surface area is 145 Å². The zero-order valence-corrected chi connectivity index (χ0v) is 14.8. The highest BCUT2D eigenvalue weighted by Crippen LogP contribution is 2.11. The largest absolute Gasteiger partial charge is 0.550 e. The minimum Gasteiger partial charge on any atom is -0.550 e. The van der Waals surface area contributed by atoms with Gasteiger partial charge in [-0.1, -0.05) is 71.1 Å². The first-order valence-corrected chi connectivity index (χ1v) is 9.17. The second-order valence-electron chi connectivity index (χ2n) is 6.30. The Balaban J connectivity index is 3.54. The molecule has 1 amide bonds. The smallest absolute Gasteiger partial charge is 0.220 e. The molecule has 0 aliphatic rings. The van der Waals surface area contributed by atoms with Crippen LogP contribution < -0.4 is 15.5 Å². The van der Waals surface area contributed by atoms with E-state index in [1.165, 1.54) is 44.9 Å². The third kappa shape index (κ3) is 14.0. The fourth-order valence-corrected chi connectivity index (χ4v) is 2.58. The van der Waals surface area contributed by atoms with Crippen molar-refractivity contribution in [3.63, 3.8) is 0 Å². The van der Waals surface area contributed by atoms with Gasteiger partial charge in [-0.15, -0.1) is 0 Å². The van der Waals surface area contributed by atoms with Gasteiger partial charge in [-0.3, -0.25) is 4.79 Å². The van der Waals surface area contributed by atoms with Crippen LogP contribution in [-0.4, -0.2) is 23.9 Å². The average Bonchev–Trinajstić information content (AvgIpc) is 2.51. The SMILES string of the molecule is CCCCCCCCCCCCCC(=O)NC(CC(=O)[O-])C(=O)[O-]. The van der Waals surface area contributed by atoms with Crippen LogP contribution >= 0.6 is 0 Å². The van der Waals surface area contributed by atoms with Gasteiger partial charge in [0.2, 0.25) is 5.91 Å². The van der Waals surface area contributed by atoms with E-state index in [0.717, 1.165) is 19.3 Å². The highest BCUT2D eigenvalue weighted by Gasteiger charge is 2.13. The molecule has 0 aromatic carbocycles. The van der Waals surface area contributed by atoms with Crippen molar-refractivity contribution in [2.75, 3.05) is 0 Å². The summed E-state index contributed by atoms with van der Waals surface area (Å²) in [5.74, 6) is -3.59. The van der Waals surface area contributed by atoms with Crippen LogP contribution in [-0.2, 0) is 14.4 Å². The van der Waals surface area contributed by atoms with Crippen LogP contribution in [0, 0.1) is 0 Å². The zero-order chi connectivity index (χ0) is 18.2. The molecule has 6 nitrogen and oxygen atoms in total. The Hall–Kier alpha value is -1.59. The monoisotopic (exact) mass is 341 g/mol. The van der Waals surface area contributed by atoms with E-state index in [1.54, 1.807) is 0 Å². The Kier molecular flexibility index (Phi) is 14.0. The van der Waals surface area contributed by atoms with Gasteiger partial charge >= 0.3 is 0 Å². The molecule has 1 unspecified atom stereocenters. The quantitative estimate of drug-likeness (QED) is 0.422. The van der Waals surface area contributed by atoms with Gasteiger partial charge in [-0.25, -0.2) is 0 Å². The molecule has 0 saturated heterocycles. The number of carbonyl (C=O) groups is 3. The van der Waals surface area contributed by atoms with E-state index in [1.807, 2.05) is 0 Å². The van der Waals surface area contributed by atoms with Crippen LogP contribution in [0.4, 0.5) is 0 Å². The lowest BCUT2D eigenvalue weighted by molar-refractivity contribution is -0.317. The molecule has 6 heteroatoms. The number of carbonyl (C=O) groups excluding carboxylic acids is 3. The number of nitrogens with one attached hydrogen (secondary N) is 1. The third-order valence-corrected chi connectivity index (χ3v) is 4.00. The molecule has 0 aliphatic heterocycles. The van der Waals surface area contributed by atoms with E-state index in [9.17, 15) is 24.6 Å². The van der Waals surface area contributed by atoms with Crippen molar-refractivity contribution in [3.8, 4) is 0 Å². The predicted octanol–water partition coefficient (Wildman–Crippen LogP) is 1.06. The van der Waals surface area contributed by atoms with Crippen LogP contribution in [0.3, 0.4) is 0 Å². The van der Waals surface area contributed by atoms with Gasteiger partial charge in [0.05, 0.1) is 12.0 Å². The molecule has 1 atom stereocenters. The fourth-order valence-electron chi connectivity index (χ4n) is 2.58. The number of rotatable bonds is 16. The highest BCUT2D eigenvalue weighted by molar-refractivity contribution is 5.85. The molecule has 24 heavy (non-hydrogen) atoms. The predicted molar refractivity (Wildman–Crippen MR) is 87.6 cm³/mol. The highest BCUT2D eigenvalue weighted by atomic mass is 16.4. The molecular formula is C18H31NO5-2. The van der Waals surface area contributed by atoms with Crippen LogP contribution in [0.1, 0.15) is 90.4 Å². The summed E-state index contributed by atoms with van der Waals surface area (Å²) in [6.45, 7) is 2.21. The number of hydrogen-bond donors (Lipinski definition) is 1. The number of unbranched alkanes of at least 4 members (excludes halogenated alkanes) is 10. The molecule has 0 heterocycles. The second kappa shape index (κ2) is 15.0. The van der Waals surface area contributed by atoms with Gasteiger partial charge in [0.15, 0.2) is 0 Å². The van der Waals surface area contributed by atoms with Gasteiger partial charge in [-0.05, 0) is 6.42 Å². The van der Waals surface area contributed by atoms with Crippen molar-refractivity contribution < 1.29 is 24.6 Å². The average molecular weight is 341 g/mol. The lowest BCUT2D eigenvalue weighted by atomic mass is 10.1. The molecule has 0 saturated carbocycles. The Morgan fingerprint density at radius 2 is 1.25 bits per heavy atom. The Morgan fingerprint density at radius 3 is 1.67 bits per heavy atom. The normalized spacial score (nSPS) is 11.9. The summed E-state index contributed by atoms with van der Waals surface area (Å²) in [6.07, 6.45) is 12.3. The summed E-state index contributed by atoms with van der Waals surface area (Å²) in [6, 6.07) is -1.52. The molecule has 0 aliphatic carbocycles. The summed E-state index contributed by atoms with van der Waals surface area (Å²) < 4.78 is 0. The summed E-state index contributed by atoms with van der Waals surface area (Å²) in [4.78, 5) is 32.7. The molecule has 0 aromatic heterocycles. The zero-order valence-electron chi connectivity index (χ0n) is 14.8. The van der Waals surface area contributed by atoms with E-state index in [4.69, 9.17) is 0 Å². The lowest BCUT2D eigenvalue weighted by Gasteiger charge is -2.20. The molecule has 0 bridgehead atoms. The Bertz CT molecular complexity index is 370. The molecule has 0 rings (SSSR count). The summed E-state index contributed by atoms with van der Waals surface area (Å²) >= 11 is 0. The molecule has 0 spiro atoms. The first-order valence-electron chi connectivity index (χ1n) is 9.17. The maximum absolute atomic E-state index is 11.6. The van der Waals surface area contributed by atoms with Crippen molar-refractivity contribution in [1.82, 2.24) is 5.32 Å². The number of hydrogen-bond acceptors (Lipinski definition) is 5. The number of carboxylic acid groups (broad SMARTS) is 2. The summed E-state index contributed by atoms with van der Waals surface area (Å²) in [5.41, 5.74) is 0. The van der Waals surface area contributed by atoms with E-state index in [0.29, 0.717) is 6.42 Å². The summed E-state index contributed by atoms with van der Waals surface area (Å²) in [5, 5.41) is 23.3. The van der Waals surface area contributed by atoms with E-state index < -0.39 is 30.3 Å². The first-order chi connectivity index (χ1) is 11.5. The van der Waals surface area contributed by atoms with Gasteiger partial charge in [0.1, 0.15) is 0 Å². The molecule has 0 fully saturated rings. The fraction of sp³-hybridized carbons (Fsp3) is 0.833. The van der Waals surface area contributed by atoms with Crippen LogP contribution in [0.5, 0.6) is 0 Å². The minimum atomic E-state index is -1.61. The third-order valence-electron chi connectivity index (χ3n) is 4.00. The number of aliphatic carboxylic acids is 2. The van der Waals surface area contributed by atoms with Crippen LogP contribution in [0.2, 0.25) is 0 Å². The first kappa shape index (κ1) is 22.4. The molecule has 1 N–H and O–H groups in total. The maximum Gasteiger partial charge on any atom is 0.220 e. The van der Waals surface area contributed by atoms with Crippen LogP contribution in [0.25, 0.3) is 0 Å². The van der Waals surface area contributed by atoms with Gasteiger partial charge < -0.3 is 25.1 Å².